The predicted molar refractivity (Wildman–Crippen MR) is 133 cm³/mol. The molecule has 0 saturated carbocycles. The fourth-order valence-corrected chi connectivity index (χ4v) is 6.02. The van der Waals surface area contributed by atoms with Crippen molar-refractivity contribution in [2.24, 2.45) is 0 Å². The quantitative estimate of drug-likeness (QED) is 0.539. The average molecular weight is 493 g/mol. The van der Waals surface area contributed by atoms with Crippen LogP contribution in [0.1, 0.15) is 36.1 Å². The van der Waals surface area contributed by atoms with Gasteiger partial charge in [-0.1, -0.05) is 36.4 Å². The number of carbonyl (C=O) groups is 1. The first-order valence-electron chi connectivity index (χ1n) is 11.8. The lowest BCUT2D eigenvalue weighted by Gasteiger charge is -2.27. The van der Waals surface area contributed by atoms with Crippen molar-refractivity contribution in [2.75, 3.05) is 24.1 Å². The number of hydrogen-bond donors (Lipinski definition) is 1. The molecule has 3 aromatic rings. The zero-order chi connectivity index (χ0) is 24.4. The molecule has 0 spiro atoms. The molecule has 5 rings (SSSR count). The summed E-state index contributed by atoms with van der Waals surface area (Å²) < 4.78 is 39.5. The van der Waals surface area contributed by atoms with Crippen LogP contribution in [0.2, 0.25) is 0 Å². The molecule has 0 saturated heterocycles. The van der Waals surface area contributed by atoms with Gasteiger partial charge in [0.05, 0.1) is 16.6 Å². The Bertz CT molecular complexity index is 1340. The summed E-state index contributed by atoms with van der Waals surface area (Å²) in [5.41, 5.74) is 4.04. The third-order valence-corrected chi connectivity index (χ3v) is 8.22. The highest BCUT2D eigenvalue weighted by Crippen LogP contribution is 2.35. The van der Waals surface area contributed by atoms with Crippen LogP contribution in [0, 0.1) is 0 Å². The van der Waals surface area contributed by atoms with E-state index in [1.807, 2.05) is 13.0 Å². The number of carbonyl (C=O) groups excluding carboxylic acids is 1. The van der Waals surface area contributed by atoms with Crippen molar-refractivity contribution >= 4 is 21.6 Å². The van der Waals surface area contributed by atoms with Crippen molar-refractivity contribution in [3.8, 4) is 11.5 Å². The maximum absolute atomic E-state index is 13.6. The summed E-state index contributed by atoms with van der Waals surface area (Å²) in [6.07, 6.45) is 3.30. The molecule has 0 fully saturated rings. The average Bonchev–Trinajstić information content (AvgIpc) is 3.35. The number of nitrogens with one attached hydrogen (secondary N) is 1. The smallest absolute Gasteiger partial charge is 0.264 e. The Kier molecular flexibility index (Phi) is 6.38. The Morgan fingerprint density at radius 1 is 0.943 bits per heavy atom. The second kappa shape index (κ2) is 9.62. The van der Waals surface area contributed by atoms with Gasteiger partial charge in [0, 0.05) is 6.07 Å². The van der Waals surface area contributed by atoms with Crippen molar-refractivity contribution in [3.63, 3.8) is 0 Å². The predicted octanol–water partition coefficient (Wildman–Crippen LogP) is 4.02. The van der Waals surface area contributed by atoms with Crippen LogP contribution in [0.3, 0.4) is 0 Å². The lowest BCUT2D eigenvalue weighted by Crippen LogP contribution is -2.41. The first kappa shape index (κ1) is 23.2. The standard InChI is InChI=1S/C27H28N2O5S/c1-19(21-11-10-20-6-5-7-22(20)16-21)28-27(30)18-29(35(31,32)24-8-3-2-4-9-24)23-12-13-25-26(17-23)34-15-14-33-25/h2-4,8-13,16-17,19H,5-7,14-15,18H2,1H3,(H,28,30)/t19-/m1/s1. The highest BCUT2D eigenvalue weighted by atomic mass is 32.2. The Morgan fingerprint density at radius 3 is 2.49 bits per heavy atom. The molecule has 3 aromatic carbocycles. The summed E-state index contributed by atoms with van der Waals surface area (Å²) in [5.74, 6) is 0.605. The number of hydrogen-bond acceptors (Lipinski definition) is 5. The minimum absolute atomic E-state index is 0.106. The molecule has 0 bridgehead atoms. The number of nitrogens with zero attached hydrogens (tertiary/aromatic N) is 1. The van der Waals surface area contributed by atoms with Crippen molar-refractivity contribution < 1.29 is 22.7 Å². The first-order chi connectivity index (χ1) is 16.9. The topological polar surface area (TPSA) is 84.9 Å². The minimum Gasteiger partial charge on any atom is -0.486 e. The third kappa shape index (κ3) is 4.84. The number of benzene rings is 3. The SMILES string of the molecule is C[C@@H](NC(=O)CN(c1ccc2c(c1)OCCO2)S(=O)(=O)c1ccccc1)c1ccc2c(c1)CCC2. The van der Waals surface area contributed by atoms with Gasteiger partial charge in [0.2, 0.25) is 5.91 Å². The van der Waals surface area contributed by atoms with Gasteiger partial charge in [-0.2, -0.15) is 0 Å². The van der Waals surface area contributed by atoms with E-state index >= 15 is 0 Å². The molecule has 0 radical (unpaired) electrons. The summed E-state index contributed by atoms with van der Waals surface area (Å²) in [4.78, 5) is 13.2. The number of aryl methyl sites for hydroxylation is 2. The van der Waals surface area contributed by atoms with Crippen LogP contribution in [0.4, 0.5) is 5.69 Å². The van der Waals surface area contributed by atoms with Gasteiger partial charge in [-0.3, -0.25) is 9.10 Å². The largest absolute Gasteiger partial charge is 0.486 e. The second-order valence-corrected chi connectivity index (χ2v) is 10.7. The Morgan fingerprint density at radius 2 is 1.69 bits per heavy atom. The monoisotopic (exact) mass is 492 g/mol. The van der Waals surface area contributed by atoms with Crippen molar-refractivity contribution in [1.82, 2.24) is 5.32 Å². The number of amides is 1. The zero-order valence-corrected chi connectivity index (χ0v) is 20.4. The van der Waals surface area contributed by atoms with Gasteiger partial charge in [-0.15, -0.1) is 0 Å². The normalized spacial score (nSPS) is 15.2. The van der Waals surface area contributed by atoms with Gasteiger partial charge >= 0.3 is 0 Å². The molecule has 8 heteroatoms. The molecular weight excluding hydrogens is 464 g/mol. The number of rotatable bonds is 7. The van der Waals surface area contributed by atoms with Crippen LogP contribution in [-0.4, -0.2) is 34.1 Å². The summed E-state index contributed by atoms with van der Waals surface area (Å²) in [6, 6.07) is 19.1. The fourth-order valence-electron chi connectivity index (χ4n) is 4.58. The van der Waals surface area contributed by atoms with Crippen LogP contribution in [0.15, 0.2) is 71.6 Å². The minimum atomic E-state index is -4.01. The Hall–Kier alpha value is -3.52. The van der Waals surface area contributed by atoms with Crippen LogP contribution >= 0.6 is 0 Å². The fraction of sp³-hybridized carbons (Fsp3) is 0.296. The van der Waals surface area contributed by atoms with E-state index in [9.17, 15) is 13.2 Å². The van der Waals surface area contributed by atoms with Crippen LogP contribution in [0.5, 0.6) is 11.5 Å². The van der Waals surface area contributed by atoms with E-state index in [-0.39, 0.29) is 17.5 Å². The summed E-state index contributed by atoms with van der Waals surface area (Å²) >= 11 is 0. The van der Waals surface area contributed by atoms with Gasteiger partial charge in [0.15, 0.2) is 11.5 Å². The lowest BCUT2D eigenvalue weighted by atomic mass is 10.0. The molecule has 1 aliphatic carbocycles. The molecule has 182 valence electrons. The van der Waals surface area contributed by atoms with E-state index in [4.69, 9.17) is 9.47 Å². The van der Waals surface area contributed by atoms with Gasteiger partial charge in [-0.05, 0) is 67.1 Å². The van der Waals surface area contributed by atoms with Gasteiger partial charge in [0.1, 0.15) is 19.8 Å². The molecule has 2 aliphatic rings. The number of anilines is 1. The molecule has 1 aliphatic heterocycles. The van der Waals surface area contributed by atoms with E-state index in [0.717, 1.165) is 29.1 Å². The molecule has 7 nitrogen and oxygen atoms in total. The maximum atomic E-state index is 13.6. The van der Waals surface area contributed by atoms with Crippen molar-refractivity contribution in [2.45, 2.75) is 37.1 Å². The van der Waals surface area contributed by atoms with E-state index in [0.29, 0.717) is 30.4 Å². The van der Waals surface area contributed by atoms with Gasteiger partial charge < -0.3 is 14.8 Å². The number of sulfonamides is 1. The summed E-state index contributed by atoms with van der Waals surface area (Å²) in [6.45, 7) is 2.35. The molecule has 0 aromatic heterocycles. The van der Waals surface area contributed by atoms with Gasteiger partial charge in [-0.25, -0.2) is 8.42 Å². The van der Waals surface area contributed by atoms with E-state index in [1.54, 1.807) is 36.4 Å². The van der Waals surface area contributed by atoms with E-state index in [2.05, 4.69) is 17.4 Å². The van der Waals surface area contributed by atoms with Crippen LogP contribution in [0.25, 0.3) is 0 Å². The maximum Gasteiger partial charge on any atom is 0.264 e. The number of fused-ring (bicyclic) bond motifs is 2. The summed E-state index contributed by atoms with van der Waals surface area (Å²) in [5, 5.41) is 2.97. The Balaban J connectivity index is 1.41. The molecular formula is C27H28N2O5S. The molecule has 1 amide bonds. The highest BCUT2D eigenvalue weighted by Gasteiger charge is 2.29. The van der Waals surface area contributed by atoms with E-state index in [1.165, 1.54) is 23.3 Å². The Labute approximate surface area is 205 Å². The summed E-state index contributed by atoms with van der Waals surface area (Å²) in [7, 11) is -4.01. The van der Waals surface area contributed by atoms with Crippen LogP contribution in [-0.2, 0) is 27.7 Å². The highest BCUT2D eigenvalue weighted by molar-refractivity contribution is 7.92. The van der Waals surface area contributed by atoms with Crippen LogP contribution < -0.4 is 19.1 Å². The molecule has 0 unspecified atom stereocenters. The lowest BCUT2D eigenvalue weighted by molar-refractivity contribution is -0.120. The third-order valence-electron chi connectivity index (χ3n) is 6.43. The number of ether oxygens (including phenoxy) is 2. The van der Waals surface area contributed by atoms with Crippen molar-refractivity contribution in [3.05, 3.63) is 83.4 Å². The zero-order valence-electron chi connectivity index (χ0n) is 19.6. The molecule has 1 atom stereocenters. The molecule has 1 heterocycles. The van der Waals surface area contributed by atoms with Gasteiger partial charge in [0.25, 0.3) is 10.0 Å². The second-order valence-electron chi connectivity index (χ2n) is 8.82. The first-order valence-corrected chi connectivity index (χ1v) is 13.2. The van der Waals surface area contributed by atoms with E-state index < -0.39 is 15.9 Å². The van der Waals surface area contributed by atoms with Crippen molar-refractivity contribution in [1.29, 1.82) is 0 Å². The molecule has 1 N–H and O–H groups in total. The molecule has 35 heavy (non-hydrogen) atoms.